The number of benzene rings is 2. The highest BCUT2D eigenvalue weighted by atomic mass is 19.1. The first-order valence-electron chi connectivity index (χ1n) is 7.61. The van der Waals surface area contributed by atoms with Crippen molar-refractivity contribution < 1.29 is 23.5 Å². The molecule has 2 N–H and O–H groups in total. The highest BCUT2D eigenvalue weighted by Crippen LogP contribution is 2.22. The van der Waals surface area contributed by atoms with E-state index in [-0.39, 0.29) is 12.1 Å². The predicted molar refractivity (Wildman–Crippen MR) is 94.0 cm³/mol. The molecule has 0 atom stereocenters. The number of nitrogens with zero attached hydrogens (tertiary/aromatic N) is 1. The zero-order valence-electron chi connectivity index (χ0n) is 14.3. The molecular formula is C18H18FN3O4. The molecule has 2 aromatic rings. The molecule has 7 nitrogen and oxygen atoms in total. The second-order valence-corrected chi connectivity index (χ2v) is 5.09. The Morgan fingerprint density at radius 3 is 2.50 bits per heavy atom. The second-order valence-electron chi connectivity index (χ2n) is 5.09. The van der Waals surface area contributed by atoms with Crippen LogP contribution in [0.15, 0.2) is 47.6 Å². The van der Waals surface area contributed by atoms with Gasteiger partial charge in [-0.2, -0.15) is 5.10 Å². The molecule has 0 saturated heterocycles. The van der Waals surface area contributed by atoms with E-state index in [4.69, 9.17) is 9.47 Å². The van der Waals surface area contributed by atoms with Crippen LogP contribution in [0.25, 0.3) is 0 Å². The molecule has 0 heterocycles. The van der Waals surface area contributed by atoms with Crippen LogP contribution >= 0.6 is 0 Å². The number of hydrogen-bond acceptors (Lipinski definition) is 5. The van der Waals surface area contributed by atoms with Crippen molar-refractivity contribution in [2.75, 3.05) is 20.8 Å². The summed E-state index contributed by atoms with van der Waals surface area (Å²) in [6, 6.07) is 10.1. The van der Waals surface area contributed by atoms with E-state index in [9.17, 15) is 14.0 Å². The summed E-state index contributed by atoms with van der Waals surface area (Å²) in [5, 5.41) is 6.24. The van der Waals surface area contributed by atoms with Gasteiger partial charge in [-0.1, -0.05) is 0 Å². The van der Waals surface area contributed by atoms with Gasteiger partial charge in [0.2, 0.25) is 0 Å². The first kappa shape index (κ1) is 18.9. The van der Waals surface area contributed by atoms with E-state index >= 15 is 0 Å². The molecule has 0 saturated carbocycles. The van der Waals surface area contributed by atoms with E-state index in [1.54, 1.807) is 18.2 Å². The van der Waals surface area contributed by atoms with Crippen molar-refractivity contribution in [2.24, 2.45) is 5.10 Å². The van der Waals surface area contributed by atoms with Gasteiger partial charge in [0, 0.05) is 11.1 Å². The van der Waals surface area contributed by atoms with Gasteiger partial charge in [0.25, 0.3) is 11.8 Å². The van der Waals surface area contributed by atoms with E-state index in [1.165, 1.54) is 44.7 Å². The summed E-state index contributed by atoms with van der Waals surface area (Å²) < 4.78 is 23.1. The number of hydrogen-bond donors (Lipinski definition) is 2. The Morgan fingerprint density at radius 1 is 1.12 bits per heavy atom. The third-order valence-electron chi connectivity index (χ3n) is 3.35. The minimum atomic E-state index is -0.515. The summed E-state index contributed by atoms with van der Waals surface area (Å²) in [6.45, 7) is -0.275. The average Bonchev–Trinajstić information content (AvgIpc) is 2.66. The second kappa shape index (κ2) is 9.16. The lowest BCUT2D eigenvalue weighted by atomic mass is 10.2. The van der Waals surface area contributed by atoms with Gasteiger partial charge in [-0.15, -0.1) is 0 Å². The maximum Gasteiger partial charge on any atom is 0.259 e. The Kier molecular flexibility index (Phi) is 6.67. The lowest BCUT2D eigenvalue weighted by Crippen LogP contribution is -2.34. The largest absolute Gasteiger partial charge is 0.497 e. The molecule has 2 amide bonds. The molecule has 0 aliphatic rings. The highest BCUT2D eigenvalue weighted by Gasteiger charge is 2.08. The number of methoxy groups -OCH3 is 2. The van der Waals surface area contributed by atoms with Crippen molar-refractivity contribution in [3.63, 3.8) is 0 Å². The molecule has 0 aliphatic heterocycles. The maximum absolute atomic E-state index is 12.8. The number of nitrogens with one attached hydrogen (secondary N) is 2. The first-order valence-corrected chi connectivity index (χ1v) is 7.61. The van der Waals surface area contributed by atoms with Gasteiger partial charge < -0.3 is 14.8 Å². The predicted octanol–water partition coefficient (Wildman–Crippen LogP) is 1.72. The van der Waals surface area contributed by atoms with Crippen LogP contribution in [0, 0.1) is 5.82 Å². The molecule has 0 fully saturated rings. The van der Waals surface area contributed by atoms with Crippen molar-refractivity contribution in [1.29, 1.82) is 0 Å². The molecule has 8 heteroatoms. The molecule has 2 rings (SSSR count). The van der Waals surface area contributed by atoms with Gasteiger partial charge >= 0.3 is 0 Å². The van der Waals surface area contributed by atoms with E-state index in [2.05, 4.69) is 15.8 Å². The minimum Gasteiger partial charge on any atom is -0.497 e. The number of hydrazone groups is 1. The summed E-state index contributed by atoms with van der Waals surface area (Å²) in [5.74, 6) is -0.266. The lowest BCUT2D eigenvalue weighted by molar-refractivity contribution is -0.120. The lowest BCUT2D eigenvalue weighted by Gasteiger charge is -2.07. The fourth-order valence-electron chi connectivity index (χ4n) is 2.02. The summed E-state index contributed by atoms with van der Waals surface area (Å²) in [6.07, 6.45) is 1.40. The fourth-order valence-corrected chi connectivity index (χ4v) is 2.02. The van der Waals surface area contributed by atoms with Gasteiger partial charge in [0.1, 0.15) is 17.3 Å². The van der Waals surface area contributed by atoms with Crippen LogP contribution in [-0.2, 0) is 4.79 Å². The van der Waals surface area contributed by atoms with E-state index in [0.29, 0.717) is 17.1 Å². The fraction of sp³-hybridized carbons (Fsp3) is 0.167. The summed E-state index contributed by atoms with van der Waals surface area (Å²) >= 11 is 0. The Morgan fingerprint density at radius 2 is 1.85 bits per heavy atom. The van der Waals surface area contributed by atoms with Crippen LogP contribution in [0.5, 0.6) is 11.5 Å². The van der Waals surface area contributed by atoms with E-state index < -0.39 is 17.6 Å². The summed E-state index contributed by atoms with van der Waals surface area (Å²) in [7, 11) is 3.05. The Labute approximate surface area is 149 Å². The van der Waals surface area contributed by atoms with Crippen molar-refractivity contribution in [3.8, 4) is 11.5 Å². The number of ether oxygens (including phenoxy) is 2. The molecule has 0 spiro atoms. The number of halogens is 1. The monoisotopic (exact) mass is 359 g/mol. The first-order chi connectivity index (χ1) is 12.5. The maximum atomic E-state index is 12.8. The van der Waals surface area contributed by atoms with Crippen molar-refractivity contribution in [1.82, 2.24) is 10.7 Å². The van der Waals surface area contributed by atoms with E-state index in [1.807, 2.05) is 0 Å². The normalized spacial score (nSPS) is 10.4. The number of carbonyl (C=O) groups is 2. The third-order valence-corrected chi connectivity index (χ3v) is 3.35. The molecule has 0 aliphatic carbocycles. The molecule has 0 aromatic heterocycles. The molecule has 26 heavy (non-hydrogen) atoms. The van der Waals surface area contributed by atoms with Gasteiger partial charge in [0.15, 0.2) is 0 Å². The van der Waals surface area contributed by atoms with Crippen LogP contribution < -0.4 is 20.2 Å². The SMILES string of the molecule is COc1ccc(OC)c(/C=N\NC(=O)CNC(=O)c2ccc(F)cc2)c1. The average molecular weight is 359 g/mol. The summed E-state index contributed by atoms with van der Waals surface area (Å²) in [5.41, 5.74) is 3.16. The molecule has 0 bridgehead atoms. The van der Waals surface area contributed by atoms with Crippen molar-refractivity contribution in [3.05, 3.63) is 59.4 Å². The minimum absolute atomic E-state index is 0.254. The van der Waals surface area contributed by atoms with Gasteiger partial charge in [-0.25, -0.2) is 9.82 Å². The topological polar surface area (TPSA) is 89.0 Å². The third kappa shape index (κ3) is 5.30. The molecule has 0 radical (unpaired) electrons. The van der Waals surface area contributed by atoms with Crippen LogP contribution in [0.3, 0.4) is 0 Å². The number of carbonyl (C=O) groups excluding carboxylic acids is 2. The smallest absolute Gasteiger partial charge is 0.259 e. The zero-order valence-corrected chi connectivity index (χ0v) is 14.3. The van der Waals surface area contributed by atoms with Crippen LogP contribution in [0.2, 0.25) is 0 Å². The van der Waals surface area contributed by atoms with Crippen LogP contribution in [0.1, 0.15) is 15.9 Å². The Hall–Kier alpha value is -3.42. The Bertz CT molecular complexity index is 807. The Balaban J connectivity index is 1.87. The van der Waals surface area contributed by atoms with Gasteiger partial charge in [-0.3, -0.25) is 9.59 Å². The zero-order chi connectivity index (χ0) is 18.9. The number of rotatable bonds is 7. The van der Waals surface area contributed by atoms with Crippen molar-refractivity contribution >= 4 is 18.0 Å². The van der Waals surface area contributed by atoms with Crippen LogP contribution in [0.4, 0.5) is 4.39 Å². The standard InChI is InChI=1S/C18H18FN3O4/c1-25-15-7-8-16(26-2)13(9-15)10-21-22-17(23)11-20-18(24)12-3-5-14(19)6-4-12/h3-10H,11H2,1-2H3,(H,20,24)(H,22,23)/b21-10-. The molecular weight excluding hydrogens is 341 g/mol. The highest BCUT2D eigenvalue weighted by molar-refractivity contribution is 5.96. The summed E-state index contributed by atoms with van der Waals surface area (Å²) in [4.78, 5) is 23.6. The van der Waals surface area contributed by atoms with Crippen molar-refractivity contribution in [2.45, 2.75) is 0 Å². The van der Waals surface area contributed by atoms with Gasteiger partial charge in [-0.05, 0) is 42.5 Å². The van der Waals surface area contributed by atoms with Gasteiger partial charge in [0.05, 0.1) is 27.0 Å². The van der Waals surface area contributed by atoms with Crippen LogP contribution in [-0.4, -0.2) is 38.8 Å². The number of amides is 2. The molecule has 136 valence electrons. The quantitative estimate of drug-likeness (QED) is 0.582. The molecule has 0 unspecified atom stereocenters. The molecule has 2 aromatic carbocycles. The van der Waals surface area contributed by atoms with E-state index in [0.717, 1.165) is 0 Å².